The molecule has 0 bridgehead atoms. The van der Waals surface area contributed by atoms with Crippen LogP contribution in [0.5, 0.6) is 5.75 Å². The number of carboxylic acids is 1. The van der Waals surface area contributed by atoms with Gasteiger partial charge in [-0.25, -0.2) is 4.79 Å². The van der Waals surface area contributed by atoms with Crippen molar-refractivity contribution in [1.29, 1.82) is 0 Å². The minimum Gasteiger partial charge on any atom is -0.508 e. The molecule has 1 rings (SSSR count). The van der Waals surface area contributed by atoms with Crippen molar-refractivity contribution in [2.75, 3.05) is 13.1 Å². The van der Waals surface area contributed by atoms with Crippen LogP contribution in [0.3, 0.4) is 0 Å². The van der Waals surface area contributed by atoms with Crippen molar-refractivity contribution in [3.63, 3.8) is 0 Å². The molecule has 4 atom stereocenters. The highest BCUT2D eigenvalue weighted by Crippen LogP contribution is 2.11. The fourth-order valence-electron chi connectivity index (χ4n) is 3.43. The van der Waals surface area contributed by atoms with E-state index in [9.17, 15) is 29.4 Å². The topological polar surface area (TPSA) is 261 Å². The van der Waals surface area contributed by atoms with E-state index in [1.807, 2.05) is 0 Å². The van der Waals surface area contributed by atoms with Gasteiger partial charge in [-0.05, 0) is 56.8 Å². The zero-order valence-corrected chi connectivity index (χ0v) is 21.6. The van der Waals surface area contributed by atoms with E-state index >= 15 is 0 Å². The van der Waals surface area contributed by atoms with Crippen LogP contribution in [0.4, 0.5) is 0 Å². The second-order valence-electron chi connectivity index (χ2n) is 8.90. The first kappa shape index (κ1) is 32.1. The number of nitrogens with one attached hydrogen (secondary N) is 3. The second kappa shape index (κ2) is 16.8. The molecular formula is C24H40N8O6. The number of aromatic hydroxyl groups is 1. The molecule has 212 valence electrons. The number of nitrogens with two attached hydrogens (primary N) is 4. The third kappa shape index (κ3) is 12.4. The summed E-state index contributed by atoms with van der Waals surface area (Å²) in [7, 11) is 0. The number of carbonyl (C=O) groups is 4. The number of phenols is 1. The van der Waals surface area contributed by atoms with E-state index in [1.165, 1.54) is 19.1 Å². The molecule has 14 nitrogen and oxygen atoms in total. The molecule has 1 aromatic carbocycles. The van der Waals surface area contributed by atoms with Gasteiger partial charge in [0.25, 0.3) is 0 Å². The number of rotatable bonds is 17. The summed E-state index contributed by atoms with van der Waals surface area (Å²) in [5, 5.41) is 26.4. The molecule has 1 aromatic rings. The van der Waals surface area contributed by atoms with Gasteiger partial charge in [0.1, 0.15) is 23.9 Å². The van der Waals surface area contributed by atoms with Crippen molar-refractivity contribution in [1.82, 2.24) is 16.0 Å². The molecule has 14 heteroatoms. The molecule has 0 saturated heterocycles. The molecule has 0 saturated carbocycles. The predicted octanol–water partition coefficient (Wildman–Crippen LogP) is -2.00. The van der Waals surface area contributed by atoms with Crippen molar-refractivity contribution >= 4 is 29.7 Å². The summed E-state index contributed by atoms with van der Waals surface area (Å²) < 4.78 is 0. The molecule has 0 spiro atoms. The lowest BCUT2D eigenvalue weighted by molar-refractivity contribution is -0.142. The van der Waals surface area contributed by atoms with Gasteiger partial charge in [0.15, 0.2) is 5.96 Å². The fourth-order valence-corrected chi connectivity index (χ4v) is 3.43. The summed E-state index contributed by atoms with van der Waals surface area (Å²) in [4.78, 5) is 53.7. The van der Waals surface area contributed by atoms with Crippen LogP contribution in [-0.2, 0) is 25.6 Å². The summed E-state index contributed by atoms with van der Waals surface area (Å²) in [5.74, 6) is -3.25. The Hall–Kier alpha value is -3.91. The number of benzene rings is 1. The maximum atomic E-state index is 13.0. The number of carbonyl (C=O) groups excluding carboxylic acids is 3. The largest absolute Gasteiger partial charge is 0.508 e. The first-order valence-electron chi connectivity index (χ1n) is 12.4. The number of guanidine groups is 1. The highest BCUT2D eigenvalue weighted by atomic mass is 16.4. The van der Waals surface area contributed by atoms with Crippen molar-refractivity contribution in [2.24, 2.45) is 27.9 Å². The second-order valence-corrected chi connectivity index (χ2v) is 8.90. The smallest absolute Gasteiger partial charge is 0.326 e. The van der Waals surface area contributed by atoms with E-state index in [2.05, 4.69) is 20.9 Å². The highest BCUT2D eigenvalue weighted by Gasteiger charge is 2.28. The average Bonchev–Trinajstić information content (AvgIpc) is 2.86. The van der Waals surface area contributed by atoms with Crippen LogP contribution in [0.15, 0.2) is 29.3 Å². The van der Waals surface area contributed by atoms with Gasteiger partial charge in [-0.2, -0.15) is 0 Å². The van der Waals surface area contributed by atoms with Gasteiger partial charge in [-0.15, -0.1) is 0 Å². The number of hydrogen-bond acceptors (Lipinski definition) is 8. The van der Waals surface area contributed by atoms with Gasteiger partial charge in [-0.3, -0.25) is 19.4 Å². The standard InChI is InChI=1S/C24H40N8O6/c1-14(20(34)32-19(23(37)38)13-15-7-9-16(33)10-8-15)30-22(36)18(6-4-12-29-24(27)28)31-21(35)17(26)5-2-3-11-25/h7-10,14,17-19,33H,2-6,11-13,25-26H2,1H3,(H,30,36)(H,31,35)(H,32,34)(H,37,38)(H4,27,28,29). The molecule has 0 aliphatic carbocycles. The maximum absolute atomic E-state index is 13.0. The maximum Gasteiger partial charge on any atom is 0.326 e. The van der Waals surface area contributed by atoms with E-state index in [-0.39, 0.29) is 31.1 Å². The SMILES string of the molecule is CC(NC(=O)C(CCCN=C(N)N)NC(=O)C(N)CCCCN)C(=O)NC(Cc1ccc(O)cc1)C(=O)O. The lowest BCUT2D eigenvalue weighted by atomic mass is 10.1. The number of carboxylic acid groups (broad SMARTS) is 1. The summed E-state index contributed by atoms with van der Waals surface area (Å²) in [6, 6.07) is 1.64. The Bertz CT molecular complexity index is 952. The van der Waals surface area contributed by atoms with Crippen LogP contribution < -0.4 is 38.9 Å². The van der Waals surface area contributed by atoms with Gasteiger partial charge in [0.2, 0.25) is 17.7 Å². The number of aliphatic imine (C=N–C) groups is 1. The molecule has 0 radical (unpaired) electrons. The molecule has 0 aliphatic heterocycles. The summed E-state index contributed by atoms with van der Waals surface area (Å²) in [6.45, 7) is 2.09. The van der Waals surface area contributed by atoms with E-state index in [1.54, 1.807) is 12.1 Å². The van der Waals surface area contributed by atoms with Crippen molar-refractivity contribution in [3.8, 4) is 5.75 Å². The van der Waals surface area contributed by atoms with E-state index in [0.29, 0.717) is 37.8 Å². The van der Waals surface area contributed by atoms with Crippen LogP contribution in [0.2, 0.25) is 0 Å². The van der Waals surface area contributed by atoms with Gasteiger partial charge >= 0.3 is 5.97 Å². The number of hydrogen-bond donors (Lipinski definition) is 9. The van der Waals surface area contributed by atoms with E-state index < -0.39 is 47.9 Å². The van der Waals surface area contributed by atoms with Crippen LogP contribution >= 0.6 is 0 Å². The minimum absolute atomic E-state index is 0.0254. The molecule has 0 fully saturated rings. The Kier molecular flexibility index (Phi) is 14.2. The molecule has 0 aromatic heterocycles. The van der Waals surface area contributed by atoms with Gasteiger partial charge in [-0.1, -0.05) is 18.6 Å². The van der Waals surface area contributed by atoms with Crippen molar-refractivity contribution in [3.05, 3.63) is 29.8 Å². The zero-order valence-electron chi connectivity index (χ0n) is 21.6. The lowest BCUT2D eigenvalue weighted by Gasteiger charge is -2.23. The summed E-state index contributed by atoms with van der Waals surface area (Å²) >= 11 is 0. The van der Waals surface area contributed by atoms with Crippen LogP contribution in [0, 0.1) is 0 Å². The molecule has 38 heavy (non-hydrogen) atoms. The Labute approximate surface area is 221 Å². The average molecular weight is 537 g/mol. The zero-order chi connectivity index (χ0) is 28.7. The monoisotopic (exact) mass is 536 g/mol. The molecule has 0 aliphatic rings. The predicted molar refractivity (Wildman–Crippen MR) is 142 cm³/mol. The van der Waals surface area contributed by atoms with Crippen LogP contribution in [-0.4, -0.2) is 77.1 Å². The van der Waals surface area contributed by atoms with Gasteiger partial charge in [0, 0.05) is 13.0 Å². The molecular weight excluding hydrogens is 496 g/mol. The molecule has 3 amide bonds. The molecule has 13 N–H and O–H groups in total. The quantitative estimate of drug-likeness (QED) is 0.0600. The Morgan fingerprint density at radius 2 is 1.53 bits per heavy atom. The Morgan fingerprint density at radius 1 is 0.895 bits per heavy atom. The van der Waals surface area contributed by atoms with Crippen molar-refractivity contribution in [2.45, 2.75) is 69.6 Å². The highest BCUT2D eigenvalue weighted by molar-refractivity contribution is 5.93. The van der Waals surface area contributed by atoms with Crippen molar-refractivity contribution < 1.29 is 29.4 Å². The number of amides is 3. The van der Waals surface area contributed by atoms with E-state index in [4.69, 9.17) is 22.9 Å². The number of aliphatic carboxylic acids is 1. The van der Waals surface area contributed by atoms with Gasteiger partial charge < -0.3 is 49.1 Å². The molecule has 0 heterocycles. The summed E-state index contributed by atoms with van der Waals surface area (Å²) in [5.41, 5.74) is 22.6. The first-order valence-corrected chi connectivity index (χ1v) is 12.4. The number of unbranched alkanes of at least 4 members (excludes halogenated alkanes) is 1. The number of phenolic OH excluding ortho intramolecular Hbond substituents is 1. The first-order chi connectivity index (χ1) is 17.9. The lowest BCUT2D eigenvalue weighted by Crippen LogP contribution is -2.56. The van der Waals surface area contributed by atoms with Crippen LogP contribution in [0.25, 0.3) is 0 Å². The number of nitrogens with zero attached hydrogens (tertiary/aromatic N) is 1. The third-order valence-electron chi connectivity index (χ3n) is 5.63. The Balaban J connectivity index is 2.81. The summed E-state index contributed by atoms with van der Waals surface area (Å²) in [6.07, 6.45) is 2.23. The third-order valence-corrected chi connectivity index (χ3v) is 5.63. The van der Waals surface area contributed by atoms with Crippen LogP contribution in [0.1, 0.15) is 44.6 Å². The molecule has 4 unspecified atom stereocenters. The normalized spacial score (nSPS) is 13.9. The fraction of sp³-hybridized carbons (Fsp3) is 0.542. The van der Waals surface area contributed by atoms with Gasteiger partial charge in [0.05, 0.1) is 6.04 Å². The van der Waals surface area contributed by atoms with E-state index in [0.717, 1.165) is 0 Å². The minimum atomic E-state index is -1.27. The Morgan fingerprint density at radius 3 is 2.11 bits per heavy atom.